The number of carboxylic acids is 1. The Morgan fingerprint density at radius 1 is 0.760 bits per heavy atom. The Balaban J connectivity index is 5.02. The van der Waals surface area contributed by atoms with Crippen LogP contribution in [0.2, 0.25) is 0 Å². The third-order valence-corrected chi connectivity index (χ3v) is 3.72. The molecule has 0 fully saturated rings. The fourth-order valence-electron chi connectivity index (χ4n) is 2.56. The number of amides is 2. The molecule has 2 amide bonds. The molecule has 5 N–H and O–H groups in total. The van der Waals surface area contributed by atoms with Crippen LogP contribution in [0.4, 0.5) is 0 Å². The number of carbonyl (C=O) groups is 3. The van der Waals surface area contributed by atoms with Crippen molar-refractivity contribution in [1.82, 2.24) is 10.6 Å². The van der Waals surface area contributed by atoms with E-state index in [0.717, 1.165) is 0 Å². The molecule has 3 atom stereocenters. The molecule has 25 heavy (non-hydrogen) atoms. The lowest BCUT2D eigenvalue weighted by atomic mass is 9.99. The number of nitrogens with two attached hydrogens (primary N) is 1. The van der Waals surface area contributed by atoms with Crippen LogP contribution in [-0.4, -0.2) is 41.0 Å². The molecule has 0 spiro atoms. The Kier molecular flexibility index (Phi) is 10.4. The molecule has 0 aromatic heterocycles. The van der Waals surface area contributed by atoms with Gasteiger partial charge in [-0.15, -0.1) is 0 Å². The van der Waals surface area contributed by atoms with Gasteiger partial charge >= 0.3 is 5.97 Å². The lowest BCUT2D eigenvalue weighted by Gasteiger charge is -2.25. The highest BCUT2D eigenvalue weighted by atomic mass is 16.4. The normalized spacial score (nSPS) is 15.1. The third-order valence-electron chi connectivity index (χ3n) is 3.72. The van der Waals surface area contributed by atoms with Crippen LogP contribution >= 0.6 is 0 Å². The van der Waals surface area contributed by atoms with Crippen molar-refractivity contribution >= 4 is 17.8 Å². The minimum absolute atomic E-state index is 0.124. The van der Waals surface area contributed by atoms with Crippen LogP contribution in [0.5, 0.6) is 0 Å². The summed E-state index contributed by atoms with van der Waals surface area (Å²) in [5.74, 6) is -1.39. The number of aliphatic carboxylic acids is 1. The van der Waals surface area contributed by atoms with Gasteiger partial charge < -0.3 is 21.5 Å². The number of carboxylic acid groups (broad SMARTS) is 1. The summed E-state index contributed by atoms with van der Waals surface area (Å²) in [6, 6.07) is -2.45. The molecule has 0 heterocycles. The predicted octanol–water partition coefficient (Wildman–Crippen LogP) is 1.51. The SMILES string of the molecule is CC(C)CC(N)C(=O)NC(CC(C)C)C(=O)N[C@@H](CC(C)C)C(=O)O. The molecule has 0 bridgehead atoms. The molecule has 0 aromatic carbocycles. The van der Waals surface area contributed by atoms with E-state index in [0.29, 0.717) is 19.3 Å². The van der Waals surface area contributed by atoms with Crippen molar-refractivity contribution in [1.29, 1.82) is 0 Å². The lowest BCUT2D eigenvalue weighted by molar-refractivity contribution is -0.142. The van der Waals surface area contributed by atoms with Crippen LogP contribution in [0, 0.1) is 17.8 Å². The molecule has 0 rings (SSSR count). The molecule has 0 radical (unpaired) electrons. The van der Waals surface area contributed by atoms with Crippen molar-refractivity contribution in [3.05, 3.63) is 0 Å². The molecular formula is C18H35N3O4. The zero-order valence-corrected chi connectivity index (χ0v) is 16.3. The number of carbonyl (C=O) groups excluding carboxylic acids is 2. The Morgan fingerprint density at radius 3 is 1.56 bits per heavy atom. The van der Waals surface area contributed by atoms with Crippen LogP contribution < -0.4 is 16.4 Å². The highest BCUT2D eigenvalue weighted by Gasteiger charge is 2.28. The van der Waals surface area contributed by atoms with Gasteiger partial charge in [-0.25, -0.2) is 4.79 Å². The van der Waals surface area contributed by atoms with Crippen LogP contribution in [0.1, 0.15) is 60.8 Å². The van der Waals surface area contributed by atoms with Gasteiger partial charge in [-0.2, -0.15) is 0 Å². The Bertz CT molecular complexity index is 450. The van der Waals surface area contributed by atoms with Crippen LogP contribution in [0.25, 0.3) is 0 Å². The lowest BCUT2D eigenvalue weighted by Crippen LogP contribution is -2.55. The molecule has 0 aromatic rings. The fourth-order valence-corrected chi connectivity index (χ4v) is 2.56. The summed E-state index contributed by atoms with van der Waals surface area (Å²) in [7, 11) is 0. The van der Waals surface area contributed by atoms with E-state index in [-0.39, 0.29) is 23.7 Å². The summed E-state index contributed by atoms with van der Waals surface area (Å²) in [6.07, 6.45) is 1.27. The third kappa shape index (κ3) is 10.1. The quantitative estimate of drug-likeness (QED) is 0.446. The molecule has 0 aliphatic rings. The van der Waals surface area contributed by atoms with Crippen LogP contribution in [0.3, 0.4) is 0 Å². The standard InChI is InChI=1S/C18H35N3O4/c1-10(2)7-13(19)16(22)20-14(8-11(3)4)17(23)21-15(18(24)25)9-12(5)6/h10-15H,7-9,19H2,1-6H3,(H,20,22)(H,21,23)(H,24,25)/t13?,14?,15-/m0/s1. The summed E-state index contributed by atoms with van der Waals surface area (Å²) in [4.78, 5) is 36.1. The van der Waals surface area contributed by atoms with Gasteiger partial charge in [-0.1, -0.05) is 41.5 Å². The van der Waals surface area contributed by atoms with Crippen molar-refractivity contribution in [3.8, 4) is 0 Å². The predicted molar refractivity (Wildman–Crippen MR) is 97.8 cm³/mol. The van der Waals surface area contributed by atoms with Crippen molar-refractivity contribution in [2.45, 2.75) is 78.9 Å². The van der Waals surface area contributed by atoms with E-state index < -0.39 is 30.0 Å². The number of rotatable bonds is 11. The average Bonchev–Trinajstić information content (AvgIpc) is 2.43. The van der Waals surface area contributed by atoms with Crippen LogP contribution in [-0.2, 0) is 14.4 Å². The van der Waals surface area contributed by atoms with Gasteiger partial charge in [-0.3, -0.25) is 9.59 Å². The van der Waals surface area contributed by atoms with Crippen molar-refractivity contribution in [2.24, 2.45) is 23.5 Å². The first-order chi connectivity index (χ1) is 11.4. The first-order valence-corrected chi connectivity index (χ1v) is 9.03. The van der Waals surface area contributed by atoms with E-state index in [4.69, 9.17) is 5.73 Å². The van der Waals surface area contributed by atoms with Crippen molar-refractivity contribution < 1.29 is 19.5 Å². The van der Waals surface area contributed by atoms with Gasteiger partial charge in [0.1, 0.15) is 12.1 Å². The molecule has 2 unspecified atom stereocenters. The highest BCUT2D eigenvalue weighted by molar-refractivity contribution is 5.91. The second-order valence-electron chi connectivity index (χ2n) is 7.96. The van der Waals surface area contributed by atoms with Gasteiger partial charge in [0.15, 0.2) is 0 Å². The average molecular weight is 357 g/mol. The zero-order chi connectivity index (χ0) is 19.7. The van der Waals surface area contributed by atoms with Crippen molar-refractivity contribution in [2.75, 3.05) is 0 Å². The van der Waals surface area contributed by atoms with E-state index in [9.17, 15) is 19.5 Å². The first kappa shape index (κ1) is 23.4. The van der Waals surface area contributed by atoms with E-state index in [2.05, 4.69) is 10.6 Å². The molecule has 0 aliphatic heterocycles. The molecule has 0 saturated carbocycles. The summed E-state index contributed by atoms with van der Waals surface area (Å²) in [5.41, 5.74) is 5.87. The maximum absolute atomic E-state index is 12.5. The summed E-state index contributed by atoms with van der Waals surface area (Å²) < 4.78 is 0. The highest BCUT2D eigenvalue weighted by Crippen LogP contribution is 2.10. The second kappa shape index (κ2) is 11.1. The summed E-state index contributed by atoms with van der Waals surface area (Å²) in [6.45, 7) is 11.6. The van der Waals surface area contributed by atoms with Gasteiger partial charge in [0.25, 0.3) is 0 Å². The minimum Gasteiger partial charge on any atom is -0.480 e. The molecule has 0 saturated heterocycles. The van der Waals surface area contributed by atoms with Gasteiger partial charge in [-0.05, 0) is 37.0 Å². The molecule has 7 heteroatoms. The van der Waals surface area contributed by atoms with Gasteiger partial charge in [0.05, 0.1) is 6.04 Å². The number of nitrogens with one attached hydrogen (secondary N) is 2. The number of hydrogen-bond acceptors (Lipinski definition) is 4. The van der Waals surface area contributed by atoms with Crippen molar-refractivity contribution in [3.63, 3.8) is 0 Å². The largest absolute Gasteiger partial charge is 0.480 e. The molecule has 7 nitrogen and oxygen atoms in total. The molecule has 146 valence electrons. The first-order valence-electron chi connectivity index (χ1n) is 9.03. The fraction of sp³-hybridized carbons (Fsp3) is 0.833. The van der Waals surface area contributed by atoms with E-state index in [1.54, 1.807) is 0 Å². The van der Waals surface area contributed by atoms with Crippen LogP contribution in [0.15, 0.2) is 0 Å². The Hall–Kier alpha value is -1.63. The van der Waals surface area contributed by atoms with Gasteiger partial charge in [0.2, 0.25) is 11.8 Å². The summed E-state index contributed by atoms with van der Waals surface area (Å²) in [5, 5.41) is 14.5. The minimum atomic E-state index is -1.08. The van der Waals surface area contributed by atoms with E-state index in [1.165, 1.54) is 0 Å². The maximum atomic E-state index is 12.5. The number of hydrogen-bond donors (Lipinski definition) is 4. The molecule has 0 aliphatic carbocycles. The second-order valence-corrected chi connectivity index (χ2v) is 7.96. The molecular weight excluding hydrogens is 322 g/mol. The Morgan fingerprint density at radius 2 is 1.16 bits per heavy atom. The van der Waals surface area contributed by atoms with Gasteiger partial charge in [0, 0.05) is 0 Å². The maximum Gasteiger partial charge on any atom is 0.326 e. The van der Waals surface area contributed by atoms with E-state index >= 15 is 0 Å². The zero-order valence-electron chi connectivity index (χ0n) is 16.3. The topological polar surface area (TPSA) is 122 Å². The Labute approximate surface area is 151 Å². The summed E-state index contributed by atoms with van der Waals surface area (Å²) >= 11 is 0. The smallest absolute Gasteiger partial charge is 0.326 e. The monoisotopic (exact) mass is 357 g/mol. The van der Waals surface area contributed by atoms with E-state index in [1.807, 2.05) is 41.5 Å².